The average molecular weight is 249 g/mol. The maximum absolute atomic E-state index is 11.5. The molecule has 18 heavy (non-hydrogen) atoms. The summed E-state index contributed by atoms with van der Waals surface area (Å²) in [6.45, 7) is 3.91. The number of nitrogens with zero attached hydrogens (tertiary/aromatic N) is 3. The van der Waals surface area contributed by atoms with E-state index in [1.165, 1.54) is 0 Å². The van der Waals surface area contributed by atoms with Gasteiger partial charge in [-0.1, -0.05) is 6.92 Å². The fourth-order valence-corrected chi connectivity index (χ4v) is 1.71. The molecule has 0 unspecified atom stereocenters. The number of Topliss-reactive ketones (excluding diaryl/α,β-unsaturated/α-hetero) is 1. The van der Waals surface area contributed by atoms with E-state index in [9.17, 15) is 4.79 Å². The topological polar surface area (TPSA) is 36.4 Å². The second-order valence-corrected chi connectivity index (χ2v) is 4.76. The summed E-state index contributed by atoms with van der Waals surface area (Å²) in [5, 5.41) is 0. The van der Waals surface area contributed by atoms with E-state index in [-0.39, 0.29) is 5.78 Å². The van der Waals surface area contributed by atoms with Gasteiger partial charge in [-0.25, -0.2) is 0 Å². The number of aromatic nitrogens is 1. The van der Waals surface area contributed by atoms with E-state index < -0.39 is 0 Å². The van der Waals surface area contributed by atoms with Crippen molar-refractivity contribution in [1.29, 1.82) is 0 Å². The number of pyridine rings is 1. The minimum atomic E-state index is 0.0943. The fraction of sp³-hybridized carbons (Fsp3) is 0.571. The maximum Gasteiger partial charge on any atom is 0.180 e. The van der Waals surface area contributed by atoms with Crippen molar-refractivity contribution in [2.75, 3.05) is 39.1 Å². The summed E-state index contributed by atoms with van der Waals surface area (Å²) in [7, 11) is 6.20. The Morgan fingerprint density at radius 3 is 2.44 bits per heavy atom. The molecule has 0 aliphatic rings. The zero-order chi connectivity index (χ0) is 13.5. The van der Waals surface area contributed by atoms with Crippen molar-refractivity contribution in [3.8, 4) is 0 Å². The van der Waals surface area contributed by atoms with Gasteiger partial charge in [0, 0.05) is 20.0 Å². The van der Waals surface area contributed by atoms with Gasteiger partial charge >= 0.3 is 0 Å². The molecule has 1 aromatic heterocycles. The number of carbonyl (C=O) groups is 1. The molecule has 4 nitrogen and oxygen atoms in total. The first kappa shape index (κ1) is 14.6. The lowest BCUT2D eigenvalue weighted by atomic mass is 10.2. The summed E-state index contributed by atoms with van der Waals surface area (Å²) in [5.74, 6) is 0.0943. The Bertz CT molecular complexity index is 373. The van der Waals surface area contributed by atoms with E-state index >= 15 is 0 Å². The van der Waals surface area contributed by atoms with E-state index in [0.29, 0.717) is 12.1 Å². The molecule has 0 radical (unpaired) electrons. The van der Waals surface area contributed by atoms with Gasteiger partial charge in [0.1, 0.15) is 5.69 Å². The van der Waals surface area contributed by atoms with Crippen LogP contribution in [0.3, 0.4) is 0 Å². The Morgan fingerprint density at radius 1 is 1.22 bits per heavy atom. The van der Waals surface area contributed by atoms with E-state index in [2.05, 4.69) is 28.9 Å². The quantitative estimate of drug-likeness (QED) is 0.693. The van der Waals surface area contributed by atoms with Crippen molar-refractivity contribution >= 4 is 11.5 Å². The zero-order valence-electron chi connectivity index (χ0n) is 11.8. The smallest absolute Gasteiger partial charge is 0.180 e. The summed E-state index contributed by atoms with van der Waals surface area (Å²) in [5.41, 5.74) is 1.62. The molecule has 4 heteroatoms. The normalized spacial score (nSPS) is 10.7. The summed E-state index contributed by atoms with van der Waals surface area (Å²) >= 11 is 0. The highest BCUT2D eigenvalue weighted by Gasteiger charge is 2.06. The van der Waals surface area contributed by atoms with Gasteiger partial charge in [0.25, 0.3) is 0 Å². The van der Waals surface area contributed by atoms with Crippen LogP contribution in [-0.2, 0) is 0 Å². The monoisotopic (exact) mass is 249 g/mol. The average Bonchev–Trinajstić information content (AvgIpc) is 2.37. The number of hydrogen-bond acceptors (Lipinski definition) is 4. The van der Waals surface area contributed by atoms with Crippen molar-refractivity contribution < 1.29 is 4.79 Å². The van der Waals surface area contributed by atoms with Crippen molar-refractivity contribution in [3.05, 3.63) is 24.0 Å². The van der Waals surface area contributed by atoms with Gasteiger partial charge in [-0.3, -0.25) is 9.78 Å². The summed E-state index contributed by atoms with van der Waals surface area (Å²) in [6.07, 6.45) is 3.39. The van der Waals surface area contributed by atoms with E-state index in [1.807, 2.05) is 26.1 Å². The first-order chi connectivity index (χ1) is 8.54. The van der Waals surface area contributed by atoms with Crippen molar-refractivity contribution in [3.63, 3.8) is 0 Å². The predicted octanol–water partition coefficient (Wildman–Crippen LogP) is 2.06. The molecule has 0 N–H and O–H groups in total. The van der Waals surface area contributed by atoms with Gasteiger partial charge in [-0.05, 0) is 39.2 Å². The third-order valence-corrected chi connectivity index (χ3v) is 2.89. The van der Waals surface area contributed by atoms with Crippen molar-refractivity contribution in [2.45, 2.75) is 19.8 Å². The highest BCUT2D eigenvalue weighted by molar-refractivity contribution is 5.94. The molecule has 0 atom stereocenters. The van der Waals surface area contributed by atoms with Gasteiger partial charge in [-0.15, -0.1) is 0 Å². The fourth-order valence-electron chi connectivity index (χ4n) is 1.71. The molecular weight excluding hydrogens is 226 g/mol. The largest absolute Gasteiger partial charge is 0.373 e. The minimum absolute atomic E-state index is 0.0943. The van der Waals surface area contributed by atoms with Gasteiger partial charge in [0.15, 0.2) is 5.78 Å². The molecule has 100 valence electrons. The lowest BCUT2D eigenvalue weighted by Crippen LogP contribution is -2.23. The van der Waals surface area contributed by atoms with E-state index in [0.717, 1.165) is 25.2 Å². The molecule has 0 aromatic carbocycles. The first-order valence-corrected chi connectivity index (χ1v) is 6.39. The van der Waals surface area contributed by atoms with Gasteiger partial charge < -0.3 is 9.80 Å². The zero-order valence-corrected chi connectivity index (χ0v) is 11.8. The second kappa shape index (κ2) is 7.11. The lowest BCUT2D eigenvalue weighted by Gasteiger charge is -2.20. The van der Waals surface area contributed by atoms with Crippen LogP contribution in [0.2, 0.25) is 0 Å². The second-order valence-electron chi connectivity index (χ2n) is 4.76. The van der Waals surface area contributed by atoms with Crippen LogP contribution in [-0.4, -0.2) is 49.9 Å². The SMILES string of the molecule is CCC(=O)c1ccc(N(C)CCCN(C)C)cn1. The van der Waals surface area contributed by atoms with E-state index in [4.69, 9.17) is 0 Å². The van der Waals surface area contributed by atoms with Crippen LogP contribution in [0.1, 0.15) is 30.3 Å². The molecule has 0 saturated carbocycles. The molecule has 0 aliphatic heterocycles. The van der Waals surface area contributed by atoms with Gasteiger partial charge in [0.2, 0.25) is 0 Å². The molecule has 0 fully saturated rings. The molecule has 0 aliphatic carbocycles. The third kappa shape index (κ3) is 4.45. The number of rotatable bonds is 7. The lowest BCUT2D eigenvalue weighted by molar-refractivity contribution is 0.0983. The molecule has 1 heterocycles. The van der Waals surface area contributed by atoms with Crippen LogP contribution in [0.5, 0.6) is 0 Å². The Labute approximate surface area is 110 Å². The van der Waals surface area contributed by atoms with Crippen LogP contribution >= 0.6 is 0 Å². The molecule has 1 aromatic rings. The summed E-state index contributed by atoms with van der Waals surface area (Å²) in [6, 6.07) is 3.77. The molecule has 0 saturated heterocycles. The number of anilines is 1. The molecule has 0 bridgehead atoms. The first-order valence-electron chi connectivity index (χ1n) is 6.39. The highest BCUT2D eigenvalue weighted by Crippen LogP contribution is 2.12. The summed E-state index contributed by atoms with van der Waals surface area (Å²) in [4.78, 5) is 20.0. The maximum atomic E-state index is 11.5. The van der Waals surface area contributed by atoms with Crippen LogP contribution < -0.4 is 4.90 Å². The molecule has 0 spiro atoms. The van der Waals surface area contributed by atoms with Gasteiger partial charge in [0.05, 0.1) is 11.9 Å². The van der Waals surface area contributed by atoms with Gasteiger partial charge in [-0.2, -0.15) is 0 Å². The Morgan fingerprint density at radius 2 is 1.94 bits per heavy atom. The van der Waals surface area contributed by atoms with Crippen LogP contribution in [0.15, 0.2) is 18.3 Å². The number of carbonyl (C=O) groups excluding carboxylic acids is 1. The Hall–Kier alpha value is -1.42. The van der Waals surface area contributed by atoms with Crippen molar-refractivity contribution in [1.82, 2.24) is 9.88 Å². The Balaban J connectivity index is 2.53. The third-order valence-electron chi connectivity index (χ3n) is 2.89. The minimum Gasteiger partial charge on any atom is -0.373 e. The summed E-state index contributed by atoms with van der Waals surface area (Å²) < 4.78 is 0. The van der Waals surface area contributed by atoms with Crippen molar-refractivity contribution in [2.24, 2.45) is 0 Å². The van der Waals surface area contributed by atoms with Crippen LogP contribution in [0, 0.1) is 0 Å². The van der Waals surface area contributed by atoms with Crippen LogP contribution in [0.25, 0.3) is 0 Å². The van der Waals surface area contributed by atoms with Crippen LogP contribution in [0.4, 0.5) is 5.69 Å². The molecule has 1 rings (SSSR count). The molecule has 0 amide bonds. The van der Waals surface area contributed by atoms with E-state index in [1.54, 1.807) is 6.20 Å². The number of hydrogen-bond donors (Lipinski definition) is 0. The predicted molar refractivity (Wildman–Crippen MR) is 75.3 cm³/mol. The highest BCUT2D eigenvalue weighted by atomic mass is 16.1. The Kier molecular flexibility index (Phi) is 5.78. The standard InChI is InChI=1S/C14H23N3O/c1-5-14(18)13-8-7-12(11-15-13)17(4)10-6-9-16(2)3/h7-8,11H,5-6,9-10H2,1-4H3. The molecular formula is C14H23N3O. The number of ketones is 1.